The van der Waals surface area contributed by atoms with Gasteiger partial charge in [-0.2, -0.15) is 0 Å². The van der Waals surface area contributed by atoms with Crippen LogP contribution in [0.3, 0.4) is 0 Å². The second-order valence-electron chi connectivity index (χ2n) is 5.02. The fourth-order valence-corrected chi connectivity index (χ4v) is 2.06. The Morgan fingerprint density at radius 3 is 1.96 bits per heavy atom. The molecule has 0 aliphatic heterocycles. The molecule has 3 aromatic carbocycles. The van der Waals surface area contributed by atoms with Crippen LogP contribution >= 0.6 is 0 Å². The third-order valence-electron chi connectivity index (χ3n) is 3.28. The molecule has 0 aliphatic carbocycles. The SMILES string of the molecule is O=C(OOc1ccccc1C(=O)Oc1ccccc1)c1ccccc1. The first-order valence-corrected chi connectivity index (χ1v) is 7.54. The van der Waals surface area contributed by atoms with Crippen molar-refractivity contribution in [3.05, 3.63) is 96.1 Å². The number of esters is 1. The van der Waals surface area contributed by atoms with E-state index in [2.05, 4.69) is 0 Å². The highest BCUT2D eigenvalue weighted by Gasteiger charge is 2.17. The van der Waals surface area contributed by atoms with Gasteiger partial charge in [0.15, 0.2) is 5.75 Å². The van der Waals surface area contributed by atoms with E-state index in [0.29, 0.717) is 11.3 Å². The summed E-state index contributed by atoms with van der Waals surface area (Å²) in [6, 6.07) is 23.4. The van der Waals surface area contributed by atoms with Crippen molar-refractivity contribution in [1.29, 1.82) is 0 Å². The first kappa shape index (κ1) is 16.3. The highest BCUT2D eigenvalue weighted by Crippen LogP contribution is 2.21. The zero-order valence-electron chi connectivity index (χ0n) is 13.1. The summed E-state index contributed by atoms with van der Waals surface area (Å²) in [7, 11) is 0. The van der Waals surface area contributed by atoms with Crippen LogP contribution in [0.25, 0.3) is 0 Å². The van der Waals surface area contributed by atoms with Crippen molar-refractivity contribution in [1.82, 2.24) is 0 Å². The van der Waals surface area contributed by atoms with Gasteiger partial charge in [0.1, 0.15) is 11.3 Å². The molecular weight excluding hydrogens is 320 g/mol. The van der Waals surface area contributed by atoms with E-state index >= 15 is 0 Å². The van der Waals surface area contributed by atoms with E-state index < -0.39 is 11.9 Å². The fourth-order valence-electron chi connectivity index (χ4n) is 2.06. The Balaban J connectivity index is 1.70. The molecule has 5 nitrogen and oxygen atoms in total. The highest BCUT2D eigenvalue weighted by molar-refractivity contribution is 5.94. The van der Waals surface area contributed by atoms with Gasteiger partial charge in [-0.1, -0.05) is 48.5 Å². The summed E-state index contributed by atoms with van der Waals surface area (Å²) < 4.78 is 5.27. The van der Waals surface area contributed by atoms with Crippen molar-refractivity contribution in [3.8, 4) is 11.5 Å². The van der Waals surface area contributed by atoms with Crippen LogP contribution in [0.1, 0.15) is 20.7 Å². The molecule has 0 N–H and O–H groups in total. The lowest BCUT2D eigenvalue weighted by atomic mass is 10.2. The molecule has 0 saturated heterocycles. The molecule has 0 aliphatic rings. The fraction of sp³-hybridized carbons (Fsp3) is 0. The van der Waals surface area contributed by atoms with Gasteiger partial charge in [0.05, 0.1) is 5.56 Å². The Kier molecular flexibility index (Phi) is 5.07. The molecule has 3 aromatic rings. The molecule has 0 unspecified atom stereocenters. The predicted octanol–water partition coefficient (Wildman–Crippen LogP) is 4.06. The molecule has 0 radical (unpaired) electrons. The summed E-state index contributed by atoms with van der Waals surface area (Å²) in [6.45, 7) is 0. The average molecular weight is 334 g/mol. The van der Waals surface area contributed by atoms with E-state index in [4.69, 9.17) is 14.5 Å². The standard InChI is InChI=1S/C20H14O5/c21-19(15-9-3-1-4-10-15)25-24-18-14-8-7-13-17(18)20(22)23-16-11-5-2-6-12-16/h1-14H. The van der Waals surface area contributed by atoms with Crippen LogP contribution in [-0.2, 0) is 4.89 Å². The monoisotopic (exact) mass is 334 g/mol. The maximum Gasteiger partial charge on any atom is 0.386 e. The van der Waals surface area contributed by atoms with Crippen molar-refractivity contribution in [3.63, 3.8) is 0 Å². The third kappa shape index (κ3) is 4.23. The summed E-state index contributed by atoms with van der Waals surface area (Å²) >= 11 is 0. The molecule has 0 spiro atoms. The maximum absolute atomic E-state index is 12.3. The summed E-state index contributed by atoms with van der Waals surface area (Å²) in [5.41, 5.74) is 0.485. The molecule has 5 heteroatoms. The highest BCUT2D eigenvalue weighted by atomic mass is 17.2. The van der Waals surface area contributed by atoms with Crippen molar-refractivity contribution in [2.75, 3.05) is 0 Å². The van der Waals surface area contributed by atoms with E-state index in [-0.39, 0.29) is 11.3 Å². The van der Waals surface area contributed by atoms with E-state index in [1.807, 2.05) is 6.07 Å². The summed E-state index contributed by atoms with van der Waals surface area (Å²) in [5.74, 6) is -0.777. The lowest BCUT2D eigenvalue weighted by Gasteiger charge is -2.09. The second-order valence-corrected chi connectivity index (χ2v) is 5.02. The van der Waals surface area contributed by atoms with Gasteiger partial charge in [-0.3, -0.25) is 4.89 Å². The van der Waals surface area contributed by atoms with Gasteiger partial charge in [-0.05, 0) is 36.4 Å². The first-order chi connectivity index (χ1) is 12.2. The molecule has 3 rings (SSSR count). The van der Waals surface area contributed by atoms with Crippen molar-refractivity contribution < 1.29 is 24.1 Å². The Morgan fingerprint density at radius 1 is 0.640 bits per heavy atom. The minimum Gasteiger partial charge on any atom is -0.423 e. The number of hydrogen-bond donors (Lipinski definition) is 0. The second kappa shape index (κ2) is 7.79. The minimum absolute atomic E-state index is 0.0905. The quantitative estimate of drug-likeness (QED) is 0.305. The topological polar surface area (TPSA) is 61.8 Å². The largest absolute Gasteiger partial charge is 0.423 e. The van der Waals surface area contributed by atoms with Crippen LogP contribution in [0, 0.1) is 0 Å². The number of benzene rings is 3. The summed E-state index contributed by atoms with van der Waals surface area (Å²) in [5, 5.41) is 0. The van der Waals surface area contributed by atoms with Crippen LogP contribution < -0.4 is 9.62 Å². The van der Waals surface area contributed by atoms with Gasteiger partial charge in [0, 0.05) is 0 Å². The van der Waals surface area contributed by atoms with Crippen LogP contribution in [0.5, 0.6) is 11.5 Å². The van der Waals surface area contributed by atoms with Crippen molar-refractivity contribution >= 4 is 11.9 Å². The van der Waals surface area contributed by atoms with Crippen LogP contribution in [0.15, 0.2) is 84.9 Å². The Hall–Kier alpha value is -3.60. The third-order valence-corrected chi connectivity index (χ3v) is 3.28. The molecule has 0 amide bonds. The lowest BCUT2D eigenvalue weighted by molar-refractivity contribution is -0.149. The number of para-hydroxylation sites is 2. The van der Waals surface area contributed by atoms with Gasteiger partial charge in [0.25, 0.3) is 0 Å². The smallest absolute Gasteiger partial charge is 0.386 e. The van der Waals surface area contributed by atoms with E-state index in [0.717, 1.165) is 0 Å². The molecule has 25 heavy (non-hydrogen) atoms. The number of rotatable bonds is 5. The molecule has 0 heterocycles. The van der Waals surface area contributed by atoms with E-state index in [1.54, 1.807) is 66.7 Å². The van der Waals surface area contributed by atoms with Gasteiger partial charge < -0.3 is 4.74 Å². The predicted molar refractivity (Wildman–Crippen MR) is 90.3 cm³/mol. The number of hydrogen-bond acceptors (Lipinski definition) is 5. The van der Waals surface area contributed by atoms with Crippen LogP contribution in [-0.4, -0.2) is 11.9 Å². The number of carbonyl (C=O) groups excluding carboxylic acids is 2. The number of ether oxygens (including phenoxy) is 1. The van der Waals surface area contributed by atoms with Crippen LogP contribution in [0.2, 0.25) is 0 Å². The summed E-state index contributed by atoms with van der Waals surface area (Å²) in [6.07, 6.45) is 0. The molecule has 0 bridgehead atoms. The van der Waals surface area contributed by atoms with Gasteiger partial charge in [0.2, 0.25) is 0 Å². The molecule has 0 fully saturated rings. The lowest BCUT2D eigenvalue weighted by Crippen LogP contribution is -2.13. The van der Waals surface area contributed by atoms with Gasteiger partial charge >= 0.3 is 11.9 Å². The van der Waals surface area contributed by atoms with Crippen LogP contribution in [0.4, 0.5) is 0 Å². The Morgan fingerprint density at radius 2 is 1.24 bits per heavy atom. The first-order valence-electron chi connectivity index (χ1n) is 7.54. The Bertz CT molecular complexity index is 860. The minimum atomic E-state index is -0.660. The zero-order valence-corrected chi connectivity index (χ0v) is 13.1. The van der Waals surface area contributed by atoms with Crippen molar-refractivity contribution in [2.24, 2.45) is 0 Å². The maximum atomic E-state index is 12.3. The molecule has 0 atom stereocenters. The van der Waals surface area contributed by atoms with Gasteiger partial charge in [-0.15, -0.1) is 0 Å². The average Bonchev–Trinajstić information content (AvgIpc) is 2.68. The normalized spacial score (nSPS) is 9.92. The molecule has 0 aromatic heterocycles. The van der Waals surface area contributed by atoms with Gasteiger partial charge in [-0.25, -0.2) is 14.5 Å². The summed E-state index contributed by atoms with van der Waals surface area (Å²) in [4.78, 5) is 34.1. The Labute approximate surface area is 144 Å². The van der Waals surface area contributed by atoms with E-state index in [9.17, 15) is 9.59 Å². The zero-order chi connectivity index (χ0) is 17.5. The van der Waals surface area contributed by atoms with E-state index in [1.165, 1.54) is 12.1 Å². The van der Waals surface area contributed by atoms with Crippen molar-refractivity contribution in [2.45, 2.75) is 0 Å². The number of carbonyl (C=O) groups is 2. The molecule has 124 valence electrons. The molecule has 0 saturated carbocycles. The molecular formula is C20H14O5.